The molecule has 0 spiro atoms. The van der Waals surface area contributed by atoms with Crippen molar-refractivity contribution >= 4 is 30.1 Å². The molecule has 6 heteroatoms. The second-order valence-electron chi connectivity index (χ2n) is 4.49. The van der Waals surface area contributed by atoms with E-state index in [-0.39, 0.29) is 23.1 Å². The van der Waals surface area contributed by atoms with Crippen LogP contribution in [0.1, 0.15) is 20.8 Å². The predicted molar refractivity (Wildman–Crippen MR) is 77.2 cm³/mol. The summed E-state index contributed by atoms with van der Waals surface area (Å²) in [4.78, 5) is 11.4. The van der Waals surface area contributed by atoms with Crippen LogP contribution in [-0.2, 0) is 9.53 Å². The minimum absolute atomic E-state index is 0. The van der Waals surface area contributed by atoms with Gasteiger partial charge >= 0.3 is 0 Å². The van der Waals surface area contributed by atoms with E-state index < -0.39 is 0 Å². The maximum Gasteiger partial charge on any atom is 0.230 e. The molecule has 0 aliphatic carbocycles. The van der Waals surface area contributed by atoms with Gasteiger partial charge in [-0.05, 0) is 0 Å². The molecule has 0 aromatic rings. The number of methoxy groups -OCH3 is 1. The largest absolute Gasteiger partial charge is 0.383 e. The molecule has 4 nitrogen and oxygen atoms in total. The van der Waals surface area contributed by atoms with Crippen molar-refractivity contribution in [2.45, 2.75) is 25.5 Å². The number of carbonyl (C=O) groups is 1. The maximum absolute atomic E-state index is 11.4. The van der Waals surface area contributed by atoms with E-state index in [0.29, 0.717) is 18.9 Å². The fraction of sp³-hybridized carbons (Fsp3) is 0.909. The second kappa shape index (κ2) is 11.1. The van der Waals surface area contributed by atoms with E-state index in [1.807, 2.05) is 0 Å². The van der Waals surface area contributed by atoms with Gasteiger partial charge in [-0.2, -0.15) is 0 Å². The van der Waals surface area contributed by atoms with Crippen molar-refractivity contribution < 1.29 is 9.53 Å². The van der Waals surface area contributed by atoms with Crippen molar-refractivity contribution in [2.75, 3.05) is 39.1 Å². The van der Waals surface area contributed by atoms with Gasteiger partial charge < -0.3 is 15.4 Å². The van der Waals surface area contributed by atoms with E-state index in [0.717, 1.165) is 13.1 Å². The molecule has 0 unspecified atom stereocenters. The van der Waals surface area contributed by atoms with Crippen LogP contribution in [-0.4, -0.2) is 49.8 Å². The normalized spacial score (nSPS) is 10.8. The smallest absolute Gasteiger partial charge is 0.230 e. The van der Waals surface area contributed by atoms with Gasteiger partial charge in [0.15, 0.2) is 0 Å². The first-order valence-electron chi connectivity index (χ1n) is 5.56. The molecule has 17 heavy (non-hydrogen) atoms. The van der Waals surface area contributed by atoms with Crippen molar-refractivity contribution in [3.05, 3.63) is 0 Å². The molecule has 0 radical (unpaired) electrons. The van der Waals surface area contributed by atoms with Gasteiger partial charge in [-0.15, -0.1) is 24.2 Å². The van der Waals surface area contributed by atoms with Gasteiger partial charge in [-0.1, -0.05) is 20.8 Å². The Hall–Kier alpha value is 0.0300. The number of nitrogens with one attached hydrogen (secondary N) is 2. The van der Waals surface area contributed by atoms with Gasteiger partial charge in [-0.25, -0.2) is 0 Å². The van der Waals surface area contributed by atoms with Gasteiger partial charge in [0.1, 0.15) is 0 Å². The molecular formula is C11H25ClN2O2S. The second-order valence-corrected chi connectivity index (χ2v) is 6.30. The summed E-state index contributed by atoms with van der Waals surface area (Å²) in [5.41, 5.74) is 0. The molecule has 0 aliphatic heterocycles. The van der Waals surface area contributed by atoms with Crippen molar-refractivity contribution in [3.8, 4) is 0 Å². The molecule has 0 fully saturated rings. The minimum atomic E-state index is 0. The molecule has 0 bridgehead atoms. The Bertz CT molecular complexity index is 198. The Morgan fingerprint density at radius 2 is 1.88 bits per heavy atom. The Morgan fingerprint density at radius 3 is 2.41 bits per heavy atom. The summed E-state index contributed by atoms with van der Waals surface area (Å²) in [5.74, 6) is 0.634. The van der Waals surface area contributed by atoms with Crippen molar-refractivity contribution in [2.24, 2.45) is 0 Å². The number of ether oxygens (including phenoxy) is 1. The fourth-order valence-electron chi connectivity index (χ4n) is 0.923. The summed E-state index contributed by atoms with van der Waals surface area (Å²) in [6, 6.07) is 0. The molecule has 1 amide bonds. The summed E-state index contributed by atoms with van der Waals surface area (Å²) in [6.07, 6.45) is 0. The Balaban J connectivity index is 0. The average Bonchev–Trinajstić information content (AvgIpc) is 2.19. The van der Waals surface area contributed by atoms with Crippen LogP contribution in [0.2, 0.25) is 0 Å². The molecule has 0 aromatic carbocycles. The zero-order chi connectivity index (χ0) is 12.4. The van der Waals surface area contributed by atoms with Crippen LogP contribution in [0.15, 0.2) is 0 Å². The van der Waals surface area contributed by atoms with Gasteiger partial charge in [0, 0.05) is 31.5 Å². The van der Waals surface area contributed by atoms with Crippen LogP contribution in [0, 0.1) is 0 Å². The van der Waals surface area contributed by atoms with Gasteiger partial charge in [0.05, 0.1) is 12.4 Å². The standard InChI is InChI=1S/C11H24N2O2S.ClH/c1-11(2,3)16-9-10(14)13-6-5-12-7-8-15-4;/h12H,5-9H2,1-4H3,(H,13,14);1H. The van der Waals surface area contributed by atoms with E-state index in [4.69, 9.17) is 4.74 Å². The summed E-state index contributed by atoms with van der Waals surface area (Å²) < 4.78 is 5.04. The third-order valence-corrected chi connectivity index (χ3v) is 3.02. The molecule has 2 N–H and O–H groups in total. The first kappa shape index (κ1) is 19.4. The summed E-state index contributed by atoms with van der Waals surface area (Å²) in [5, 5.41) is 6.04. The van der Waals surface area contributed by atoms with Crippen molar-refractivity contribution in [3.63, 3.8) is 0 Å². The van der Waals surface area contributed by atoms with Crippen LogP contribution in [0.25, 0.3) is 0 Å². The van der Waals surface area contributed by atoms with Gasteiger partial charge in [-0.3, -0.25) is 4.79 Å². The number of halogens is 1. The minimum Gasteiger partial charge on any atom is -0.383 e. The lowest BCUT2D eigenvalue weighted by molar-refractivity contribution is -0.118. The highest BCUT2D eigenvalue weighted by Gasteiger charge is 2.12. The summed E-state index contributed by atoms with van der Waals surface area (Å²) >= 11 is 1.66. The van der Waals surface area contributed by atoms with Crippen LogP contribution < -0.4 is 10.6 Å². The molecule has 0 saturated heterocycles. The highest BCUT2D eigenvalue weighted by atomic mass is 35.5. The van der Waals surface area contributed by atoms with Crippen molar-refractivity contribution in [1.29, 1.82) is 0 Å². The number of hydrogen-bond acceptors (Lipinski definition) is 4. The van der Waals surface area contributed by atoms with E-state index >= 15 is 0 Å². The first-order chi connectivity index (χ1) is 7.45. The Kier molecular flexibility index (Phi) is 12.7. The van der Waals surface area contributed by atoms with E-state index in [2.05, 4.69) is 31.4 Å². The lowest BCUT2D eigenvalue weighted by Gasteiger charge is -2.17. The first-order valence-corrected chi connectivity index (χ1v) is 6.54. The third kappa shape index (κ3) is 16.0. The lowest BCUT2D eigenvalue weighted by atomic mass is 10.3. The quantitative estimate of drug-likeness (QED) is 0.660. The third-order valence-electron chi connectivity index (χ3n) is 1.74. The van der Waals surface area contributed by atoms with Crippen LogP contribution in [0.5, 0.6) is 0 Å². The Labute approximate surface area is 115 Å². The van der Waals surface area contributed by atoms with E-state index in [9.17, 15) is 4.79 Å². The topological polar surface area (TPSA) is 50.4 Å². The average molecular weight is 285 g/mol. The predicted octanol–water partition coefficient (Wildman–Crippen LogP) is 1.29. The lowest BCUT2D eigenvalue weighted by Crippen LogP contribution is -2.34. The van der Waals surface area contributed by atoms with Crippen LogP contribution >= 0.6 is 24.2 Å². The molecule has 0 atom stereocenters. The molecule has 104 valence electrons. The molecule has 0 aromatic heterocycles. The number of amides is 1. The SMILES string of the molecule is COCCNCCNC(=O)CSC(C)(C)C.Cl. The highest BCUT2D eigenvalue weighted by molar-refractivity contribution is 8.01. The Morgan fingerprint density at radius 1 is 1.24 bits per heavy atom. The van der Waals surface area contributed by atoms with Gasteiger partial charge in [0.2, 0.25) is 5.91 Å². The zero-order valence-corrected chi connectivity index (χ0v) is 12.8. The monoisotopic (exact) mass is 284 g/mol. The maximum atomic E-state index is 11.4. The van der Waals surface area contributed by atoms with Crippen LogP contribution in [0.3, 0.4) is 0 Å². The zero-order valence-electron chi connectivity index (χ0n) is 11.2. The summed E-state index contributed by atoms with van der Waals surface area (Å²) in [6.45, 7) is 9.31. The number of thioether (sulfide) groups is 1. The molecular weight excluding hydrogens is 260 g/mol. The van der Waals surface area contributed by atoms with E-state index in [1.165, 1.54) is 0 Å². The number of hydrogen-bond donors (Lipinski definition) is 2. The fourth-order valence-corrected chi connectivity index (χ4v) is 1.59. The molecule has 0 rings (SSSR count). The number of rotatable bonds is 8. The molecule has 0 heterocycles. The molecule has 0 saturated carbocycles. The van der Waals surface area contributed by atoms with E-state index in [1.54, 1.807) is 18.9 Å². The summed E-state index contributed by atoms with van der Waals surface area (Å²) in [7, 11) is 1.67. The highest BCUT2D eigenvalue weighted by Crippen LogP contribution is 2.22. The number of carbonyl (C=O) groups excluding carboxylic acids is 1. The van der Waals surface area contributed by atoms with Crippen molar-refractivity contribution in [1.82, 2.24) is 10.6 Å². The molecule has 0 aliphatic rings. The van der Waals surface area contributed by atoms with Gasteiger partial charge in [0.25, 0.3) is 0 Å². The van der Waals surface area contributed by atoms with Crippen LogP contribution in [0.4, 0.5) is 0 Å².